The summed E-state index contributed by atoms with van der Waals surface area (Å²) in [7, 11) is 0. The number of pyridine rings is 1. The Kier molecular flexibility index (Phi) is 6.08. The molecule has 1 aliphatic heterocycles. The van der Waals surface area contributed by atoms with E-state index in [4.69, 9.17) is 5.26 Å². The number of hydrogen-bond donors (Lipinski definition) is 1. The van der Waals surface area contributed by atoms with Crippen molar-refractivity contribution in [1.29, 1.82) is 5.26 Å². The zero-order valence-corrected chi connectivity index (χ0v) is 17.1. The quantitative estimate of drug-likeness (QED) is 0.694. The Labute approximate surface area is 180 Å². The second-order valence-corrected chi connectivity index (χ2v) is 7.45. The van der Waals surface area contributed by atoms with Crippen molar-refractivity contribution in [3.63, 3.8) is 0 Å². The number of rotatable bonds is 5. The second-order valence-electron chi connectivity index (χ2n) is 7.45. The number of amides is 2. The highest BCUT2D eigenvalue weighted by Gasteiger charge is 2.22. The van der Waals surface area contributed by atoms with Crippen LogP contribution in [0.5, 0.6) is 0 Å². The van der Waals surface area contributed by atoms with Crippen molar-refractivity contribution in [3.05, 3.63) is 71.9 Å². The topological polar surface area (TPSA) is 89.3 Å². The molecule has 2 heterocycles. The van der Waals surface area contributed by atoms with E-state index in [0.717, 1.165) is 16.6 Å². The number of piperazine rings is 1. The Hall–Kier alpha value is -3.92. The van der Waals surface area contributed by atoms with Gasteiger partial charge in [-0.3, -0.25) is 9.59 Å². The third-order valence-corrected chi connectivity index (χ3v) is 5.47. The molecule has 1 fully saturated rings. The average Bonchev–Trinajstić information content (AvgIpc) is 2.83. The van der Waals surface area contributed by atoms with Crippen LogP contribution < -0.4 is 10.2 Å². The molecular formula is C24H23N5O2. The Bertz CT molecular complexity index is 1150. The number of hydrogen-bond acceptors (Lipinski definition) is 5. The van der Waals surface area contributed by atoms with E-state index in [2.05, 4.69) is 21.3 Å². The third-order valence-electron chi connectivity index (χ3n) is 5.47. The zero-order chi connectivity index (χ0) is 21.6. The van der Waals surface area contributed by atoms with E-state index in [0.29, 0.717) is 43.9 Å². The smallest absolute Gasteiger partial charge is 0.251 e. The molecule has 1 aromatic heterocycles. The lowest BCUT2D eigenvalue weighted by Gasteiger charge is -2.35. The fourth-order valence-corrected chi connectivity index (χ4v) is 3.72. The molecule has 31 heavy (non-hydrogen) atoms. The van der Waals surface area contributed by atoms with Crippen LogP contribution in [0.2, 0.25) is 0 Å². The molecule has 1 N–H and O–H groups in total. The molecule has 3 aromatic rings. The van der Waals surface area contributed by atoms with Gasteiger partial charge in [0.2, 0.25) is 5.91 Å². The third kappa shape index (κ3) is 4.81. The summed E-state index contributed by atoms with van der Waals surface area (Å²) in [5.41, 5.74) is 1.16. The molecule has 0 radical (unpaired) electrons. The fourth-order valence-electron chi connectivity index (χ4n) is 3.72. The molecule has 0 atom stereocenters. The van der Waals surface area contributed by atoms with Crippen molar-refractivity contribution < 1.29 is 9.59 Å². The molecule has 2 aromatic carbocycles. The number of aromatic nitrogens is 1. The Morgan fingerprint density at radius 2 is 1.77 bits per heavy atom. The maximum atomic E-state index is 12.5. The minimum absolute atomic E-state index is 0.0252. The summed E-state index contributed by atoms with van der Waals surface area (Å²) < 4.78 is 0. The number of nitrogens with one attached hydrogen (secondary N) is 1. The van der Waals surface area contributed by atoms with Gasteiger partial charge in [0.15, 0.2) is 0 Å². The van der Waals surface area contributed by atoms with Gasteiger partial charge in [0.1, 0.15) is 5.82 Å². The van der Waals surface area contributed by atoms with Gasteiger partial charge < -0.3 is 15.1 Å². The number of anilines is 1. The Morgan fingerprint density at radius 3 is 2.55 bits per heavy atom. The molecular weight excluding hydrogens is 390 g/mol. The van der Waals surface area contributed by atoms with E-state index in [1.165, 1.54) is 0 Å². The number of carbonyl (C=O) groups is 2. The summed E-state index contributed by atoms with van der Waals surface area (Å²) in [6.45, 7) is 2.82. The molecule has 0 bridgehead atoms. The fraction of sp³-hybridized carbons (Fsp3) is 0.250. The van der Waals surface area contributed by atoms with E-state index in [1.54, 1.807) is 24.4 Å². The standard InChI is InChI=1S/C24H23N5O2/c25-17-18-7-9-26-22(15-18)28-11-13-29(14-12-28)23(30)8-10-27-24(31)21-6-5-19-3-1-2-4-20(19)16-21/h1-7,9,15-16H,8,10-14H2,(H,27,31). The zero-order valence-electron chi connectivity index (χ0n) is 17.1. The van der Waals surface area contributed by atoms with Crippen LogP contribution in [0.3, 0.4) is 0 Å². The molecule has 7 heteroatoms. The molecule has 0 spiro atoms. The first-order chi connectivity index (χ1) is 15.1. The normalized spacial score (nSPS) is 13.6. The van der Waals surface area contributed by atoms with Crippen molar-refractivity contribution in [1.82, 2.24) is 15.2 Å². The van der Waals surface area contributed by atoms with Gasteiger partial charge in [0, 0.05) is 50.9 Å². The molecule has 1 aliphatic rings. The number of nitriles is 1. The molecule has 1 saturated heterocycles. The van der Waals surface area contributed by atoms with Crippen LogP contribution in [0.4, 0.5) is 5.82 Å². The van der Waals surface area contributed by atoms with E-state index >= 15 is 0 Å². The van der Waals surface area contributed by atoms with Gasteiger partial charge >= 0.3 is 0 Å². The van der Waals surface area contributed by atoms with Crippen LogP contribution in [0.1, 0.15) is 22.3 Å². The molecule has 7 nitrogen and oxygen atoms in total. The van der Waals surface area contributed by atoms with Gasteiger partial charge in [0.05, 0.1) is 11.6 Å². The molecule has 0 unspecified atom stereocenters. The van der Waals surface area contributed by atoms with Crippen LogP contribution in [-0.4, -0.2) is 54.4 Å². The maximum absolute atomic E-state index is 12.5. The van der Waals surface area contributed by atoms with Gasteiger partial charge in [-0.05, 0) is 35.0 Å². The summed E-state index contributed by atoms with van der Waals surface area (Å²) in [6.07, 6.45) is 1.89. The van der Waals surface area contributed by atoms with Crippen molar-refractivity contribution in [2.24, 2.45) is 0 Å². The van der Waals surface area contributed by atoms with E-state index < -0.39 is 0 Å². The van der Waals surface area contributed by atoms with E-state index in [1.807, 2.05) is 41.3 Å². The molecule has 2 amide bonds. The molecule has 0 saturated carbocycles. The highest BCUT2D eigenvalue weighted by atomic mass is 16.2. The summed E-state index contributed by atoms with van der Waals surface area (Å²) in [6, 6.07) is 19.0. The van der Waals surface area contributed by atoms with Gasteiger partial charge in [-0.1, -0.05) is 30.3 Å². The lowest BCUT2D eigenvalue weighted by Crippen LogP contribution is -2.49. The lowest BCUT2D eigenvalue weighted by molar-refractivity contribution is -0.131. The number of carbonyl (C=O) groups excluding carboxylic acids is 2. The summed E-state index contributed by atoms with van der Waals surface area (Å²) in [4.78, 5) is 33.2. The Balaban J connectivity index is 1.24. The van der Waals surface area contributed by atoms with E-state index in [9.17, 15) is 9.59 Å². The van der Waals surface area contributed by atoms with Crippen molar-refractivity contribution >= 4 is 28.4 Å². The SMILES string of the molecule is N#Cc1ccnc(N2CCN(C(=O)CCNC(=O)c3ccc4ccccc4c3)CC2)c1. The first kappa shape index (κ1) is 20.4. The van der Waals surface area contributed by atoms with Crippen molar-refractivity contribution in [2.75, 3.05) is 37.6 Å². The van der Waals surface area contributed by atoms with E-state index in [-0.39, 0.29) is 18.2 Å². The van der Waals surface area contributed by atoms with Gasteiger partial charge in [-0.15, -0.1) is 0 Å². The summed E-state index contributed by atoms with van der Waals surface area (Å²) >= 11 is 0. The lowest BCUT2D eigenvalue weighted by atomic mass is 10.1. The minimum atomic E-state index is -0.174. The van der Waals surface area contributed by atoms with Crippen LogP contribution in [0, 0.1) is 11.3 Å². The minimum Gasteiger partial charge on any atom is -0.353 e. The van der Waals surface area contributed by atoms with Crippen molar-refractivity contribution in [2.45, 2.75) is 6.42 Å². The van der Waals surface area contributed by atoms with Crippen LogP contribution in [0.25, 0.3) is 10.8 Å². The molecule has 4 rings (SSSR count). The molecule has 156 valence electrons. The second kappa shape index (κ2) is 9.26. The van der Waals surface area contributed by atoms with Crippen LogP contribution in [-0.2, 0) is 4.79 Å². The van der Waals surface area contributed by atoms with Crippen LogP contribution >= 0.6 is 0 Å². The summed E-state index contributed by atoms with van der Waals surface area (Å²) in [5, 5.41) is 14.0. The first-order valence-corrected chi connectivity index (χ1v) is 10.3. The molecule has 0 aliphatic carbocycles. The number of nitrogens with zero attached hydrogens (tertiary/aromatic N) is 4. The average molecular weight is 413 g/mol. The number of benzene rings is 2. The van der Waals surface area contributed by atoms with Gasteiger partial charge in [-0.2, -0.15) is 5.26 Å². The van der Waals surface area contributed by atoms with Crippen molar-refractivity contribution in [3.8, 4) is 6.07 Å². The first-order valence-electron chi connectivity index (χ1n) is 10.3. The predicted molar refractivity (Wildman–Crippen MR) is 119 cm³/mol. The maximum Gasteiger partial charge on any atom is 0.251 e. The highest BCUT2D eigenvalue weighted by Crippen LogP contribution is 2.16. The number of fused-ring (bicyclic) bond motifs is 1. The summed E-state index contributed by atoms with van der Waals surface area (Å²) in [5.74, 6) is 0.609. The van der Waals surface area contributed by atoms with Gasteiger partial charge in [-0.25, -0.2) is 4.98 Å². The largest absolute Gasteiger partial charge is 0.353 e. The Morgan fingerprint density at radius 1 is 1.00 bits per heavy atom. The predicted octanol–water partition coefficient (Wildman–Crippen LogP) is 2.58. The van der Waals surface area contributed by atoms with Crippen LogP contribution in [0.15, 0.2) is 60.8 Å². The van der Waals surface area contributed by atoms with Gasteiger partial charge in [0.25, 0.3) is 5.91 Å². The highest BCUT2D eigenvalue weighted by molar-refractivity contribution is 5.98. The monoisotopic (exact) mass is 413 g/mol.